The van der Waals surface area contributed by atoms with Crippen LogP contribution in [0.2, 0.25) is 19.6 Å². The fourth-order valence-electron chi connectivity index (χ4n) is 2.10. The highest BCUT2D eigenvalue weighted by atomic mass is 28.4. The van der Waals surface area contributed by atoms with E-state index in [1.165, 1.54) is 0 Å². The van der Waals surface area contributed by atoms with Gasteiger partial charge >= 0.3 is 0 Å². The minimum Gasteiger partial charge on any atom is -0.408 e. The van der Waals surface area contributed by atoms with Crippen molar-refractivity contribution >= 4 is 8.32 Å². The summed E-state index contributed by atoms with van der Waals surface area (Å²) < 4.78 is 22.8. The molecular weight excluding hydrogens is 260 g/mol. The first kappa shape index (κ1) is 15.4. The van der Waals surface area contributed by atoms with Crippen LogP contribution in [-0.4, -0.2) is 41.0 Å². The van der Waals surface area contributed by atoms with Crippen molar-refractivity contribution in [2.45, 2.75) is 38.5 Å². The molecule has 1 heterocycles. The molecule has 4 nitrogen and oxygen atoms in total. The third-order valence-corrected chi connectivity index (χ3v) is 3.69. The average molecular weight is 283 g/mol. The van der Waals surface area contributed by atoms with Crippen molar-refractivity contribution < 1.29 is 18.6 Å². The van der Waals surface area contributed by atoms with Crippen LogP contribution in [0.1, 0.15) is 6.42 Å². The fourth-order valence-corrected chi connectivity index (χ4v) is 2.94. The van der Waals surface area contributed by atoms with Gasteiger partial charge in [-0.2, -0.15) is 0 Å². The fraction of sp³-hybridized carbons (Fsp3) is 0.643. The molecule has 5 radical (unpaired) electrons. The molecule has 19 heavy (non-hydrogen) atoms. The zero-order valence-electron chi connectivity index (χ0n) is 12.1. The molecule has 2 atom stereocenters. The standard InChI is InChI=1S/C14H23O4Si/c1-15-10-11-8-9-16-14(17-11)12-6-5-7-13(12)18-19(2,3)4/h5-7,11,14H,8-10H2,1-4H3/t11-,14-/m0/s1. The van der Waals surface area contributed by atoms with Crippen LogP contribution in [0, 0.1) is 31.3 Å². The van der Waals surface area contributed by atoms with Gasteiger partial charge in [-0.05, 0) is 45.3 Å². The van der Waals surface area contributed by atoms with Crippen molar-refractivity contribution in [3.63, 3.8) is 0 Å². The number of rotatable bonds is 5. The Morgan fingerprint density at radius 2 is 2.11 bits per heavy atom. The van der Waals surface area contributed by atoms with Gasteiger partial charge in [-0.3, -0.25) is 0 Å². The van der Waals surface area contributed by atoms with E-state index in [0.29, 0.717) is 13.2 Å². The SMILES string of the molecule is COC[C@@H]1CCO[C@H]([C]2[CH][CH][CH][C]2O[Si](C)(C)C)O1. The molecular formula is C14H23O4Si. The first-order valence-electron chi connectivity index (χ1n) is 6.70. The molecule has 5 heteroatoms. The van der Waals surface area contributed by atoms with E-state index in [0.717, 1.165) is 18.4 Å². The quantitative estimate of drug-likeness (QED) is 0.726. The summed E-state index contributed by atoms with van der Waals surface area (Å²) in [5.74, 6) is 0.989. The summed E-state index contributed by atoms with van der Waals surface area (Å²) in [6.07, 6.45) is 7.50. The molecule has 0 aromatic carbocycles. The van der Waals surface area contributed by atoms with Crippen molar-refractivity contribution in [1.82, 2.24) is 0 Å². The van der Waals surface area contributed by atoms with E-state index >= 15 is 0 Å². The molecule has 2 fully saturated rings. The van der Waals surface area contributed by atoms with Gasteiger partial charge < -0.3 is 18.6 Å². The number of methoxy groups -OCH3 is 1. The minimum absolute atomic E-state index is 0.0957. The Morgan fingerprint density at radius 3 is 2.79 bits per heavy atom. The van der Waals surface area contributed by atoms with E-state index in [1.54, 1.807) is 7.11 Å². The Kier molecular flexibility index (Phi) is 5.43. The minimum atomic E-state index is -1.62. The third kappa shape index (κ3) is 4.53. The maximum absolute atomic E-state index is 6.07. The molecule has 0 amide bonds. The van der Waals surface area contributed by atoms with E-state index in [4.69, 9.17) is 18.6 Å². The van der Waals surface area contributed by atoms with E-state index in [1.807, 2.05) is 19.3 Å². The summed E-state index contributed by atoms with van der Waals surface area (Å²) in [7, 11) is 0.0659. The van der Waals surface area contributed by atoms with Crippen LogP contribution in [0.3, 0.4) is 0 Å². The van der Waals surface area contributed by atoms with E-state index < -0.39 is 8.32 Å². The molecule has 0 bridgehead atoms. The first-order chi connectivity index (χ1) is 8.99. The molecule has 0 aromatic rings. The van der Waals surface area contributed by atoms with Crippen LogP contribution in [0.4, 0.5) is 0 Å². The highest BCUT2D eigenvalue weighted by Gasteiger charge is 2.42. The lowest BCUT2D eigenvalue weighted by atomic mass is 10.0. The summed E-state index contributed by atoms with van der Waals surface area (Å²) in [5, 5.41) is 0. The number of ether oxygens (including phenoxy) is 3. The van der Waals surface area contributed by atoms with Gasteiger partial charge in [-0.1, -0.05) is 0 Å². The van der Waals surface area contributed by atoms with Crippen molar-refractivity contribution in [3.05, 3.63) is 31.3 Å². The number of hydrogen-bond acceptors (Lipinski definition) is 4. The van der Waals surface area contributed by atoms with E-state index in [9.17, 15) is 0 Å². The zero-order valence-corrected chi connectivity index (χ0v) is 13.1. The van der Waals surface area contributed by atoms with Crippen LogP contribution in [0.25, 0.3) is 0 Å². The van der Waals surface area contributed by atoms with Gasteiger partial charge in [0.2, 0.25) is 0 Å². The second-order valence-electron chi connectivity index (χ2n) is 5.76. The lowest BCUT2D eigenvalue weighted by Gasteiger charge is -2.36. The highest BCUT2D eigenvalue weighted by Crippen LogP contribution is 2.41. The smallest absolute Gasteiger partial charge is 0.184 e. The van der Waals surface area contributed by atoms with Crippen LogP contribution < -0.4 is 0 Å². The van der Waals surface area contributed by atoms with Crippen molar-refractivity contribution in [3.8, 4) is 0 Å². The molecule has 2 rings (SSSR count). The molecule has 0 N–H and O–H groups in total. The van der Waals surface area contributed by atoms with Gasteiger partial charge in [0.25, 0.3) is 0 Å². The molecule has 2 aliphatic rings. The van der Waals surface area contributed by atoms with Crippen molar-refractivity contribution in [1.29, 1.82) is 0 Å². The van der Waals surface area contributed by atoms with Crippen LogP contribution in [-0.2, 0) is 18.6 Å². The van der Waals surface area contributed by atoms with E-state index in [-0.39, 0.29) is 12.4 Å². The molecule has 1 saturated heterocycles. The molecule has 0 spiro atoms. The second kappa shape index (κ2) is 6.67. The molecule has 0 unspecified atom stereocenters. The van der Waals surface area contributed by atoms with E-state index in [2.05, 4.69) is 19.6 Å². The Hall–Kier alpha value is 0.0569. The first-order valence-corrected chi connectivity index (χ1v) is 10.1. The third-order valence-electron chi connectivity index (χ3n) is 2.86. The Labute approximate surface area is 117 Å². The van der Waals surface area contributed by atoms with Gasteiger partial charge in [-0.25, -0.2) is 0 Å². The molecule has 1 aliphatic carbocycles. The summed E-state index contributed by atoms with van der Waals surface area (Å²) in [6.45, 7) is 7.79. The van der Waals surface area contributed by atoms with Gasteiger partial charge in [0.15, 0.2) is 14.6 Å². The predicted molar refractivity (Wildman–Crippen MR) is 74.9 cm³/mol. The highest BCUT2D eigenvalue weighted by molar-refractivity contribution is 6.70. The summed E-state index contributed by atoms with van der Waals surface area (Å²) >= 11 is 0. The van der Waals surface area contributed by atoms with Crippen LogP contribution >= 0.6 is 0 Å². The molecule has 1 saturated carbocycles. The Morgan fingerprint density at radius 1 is 1.32 bits per heavy atom. The lowest BCUT2D eigenvalue weighted by Crippen LogP contribution is -2.41. The normalized spacial score (nSPS) is 30.9. The molecule has 1 aliphatic heterocycles. The maximum atomic E-state index is 6.07. The van der Waals surface area contributed by atoms with Gasteiger partial charge in [0, 0.05) is 7.11 Å². The summed E-state index contributed by atoms with van der Waals surface area (Å²) in [5.41, 5.74) is 0. The summed E-state index contributed by atoms with van der Waals surface area (Å²) in [6, 6.07) is 0. The van der Waals surface area contributed by atoms with Crippen LogP contribution in [0.5, 0.6) is 0 Å². The van der Waals surface area contributed by atoms with Crippen molar-refractivity contribution in [2.24, 2.45) is 0 Å². The Bertz CT molecular complexity index is 277. The molecule has 0 aromatic heterocycles. The molecule has 107 valence electrons. The maximum Gasteiger partial charge on any atom is 0.184 e. The van der Waals surface area contributed by atoms with Crippen LogP contribution in [0.15, 0.2) is 0 Å². The largest absolute Gasteiger partial charge is 0.408 e. The van der Waals surface area contributed by atoms with Gasteiger partial charge in [0.1, 0.15) is 6.10 Å². The van der Waals surface area contributed by atoms with Gasteiger partial charge in [-0.15, -0.1) is 0 Å². The monoisotopic (exact) mass is 283 g/mol. The zero-order chi connectivity index (χ0) is 13.9. The van der Waals surface area contributed by atoms with Crippen molar-refractivity contribution in [2.75, 3.05) is 20.3 Å². The summed E-state index contributed by atoms with van der Waals surface area (Å²) in [4.78, 5) is 0. The number of hydrogen-bond donors (Lipinski definition) is 0. The average Bonchev–Trinajstić information content (AvgIpc) is 2.75. The Balaban J connectivity index is 1.91. The topological polar surface area (TPSA) is 36.9 Å². The second-order valence-corrected chi connectivity index (χ2v) is 10.2. The van der Waals surface area contributed by atoms with Gasteiger partial charge in [0.05, 0.1) is 25.2 Å². The predicted octanol–water partition coefficient (Wildman–Crippen LogP) is 2.35. The lowest BCUT2D eigenvalue weighted by molar-refractivity contribution is -0.211.